The first-order valence-electron chi connectivity index (χ1n) is 13.6. The van der Waals surface area contributed by atoms with E-state index < -0.39 is 0 Å². The van der Waals surface area contributed by atoms with Crippen molar-refractivity contribution >= 4 is 0 Å². The summed E-state index contributed by atoms with van der Waals surface area (Å²) in [6.45, 7) is 15.1. The van der Waals surface area contributed by atoms with Crippen molar-refractivity contribution in [1.82, 2.24) is 0 Å². The normalized spacial score (nSPS) is 16.5. The van der Waals surface area contributed by atoms with Crippen LogP contribution in [0.3, 0.4) is 0 Å². The van der Waals surface area contributed by atoms with Gasteiger partial charge in [-0.15, -0.1) is 0 Å². The molecule has 200 valence electrons. The van der Waals surface area contributed by atoms with Crippen LogP contribution in [0.2, 0.25) is 0 Å². The van der Waals surface area contributed by atoms with E-state index in [1.165, 1.54) is 57.8 Å². The van der Waals surface area contributed by atoms with Crippen LogP contribution >= 0.6 is 0 Å². The molecule has 0 saturated carbocycles. The molecule has 0 radical (unpaired) electrons. The maximum absolute atomic E-state index is 8.98. The summed E-state index contributed by atoms with van der Waals surface area (Å²) in [5.41, 5.74) is 0. The Morgan fingerprint density at radius 3 is 1.18 bits per heavy atom. The van der Waals surface area contributed by atoms with Crippen LogP contribution in [0.25, 0.3) is 0 Å². The zero-order valence-electron chi connectivity index (χ0n) is 22.7. The molecule has 6 nitrogen and oxygen atoms in total. The highest BCUT2D eigenvalue weighted by molar-refractivity contribution is 4.58. The Balaban J connectivity index is 3.55. The quantitative estimate of drug-likeness (QED) is 0.165. The Morgan fingerprint density at radius 1 is 0.455 bits per heavy atom. The van der Waals surface area contributed by atoms with Crippen LogP contribution < -0.4 is 0 Å². The Bertz CT molecular complexity index is 395. The smallest absolute Gasteiger partial charge is 0.0781 e. The van der Waals surface area contributed by atoms with Gasteiger partial charge < -0.3 is 28.8 Å². The zero-order chi connectivity index (χ0) is 24.7. The first-order chi connectivity index (χ1) is 15.9. The van der Waals surface area contributed by atoms with Crippen molar-refractivity contribution < 1.29 is 28.8 Å². The first-order valence-corrected chi connectivity index (χ1v) is 13.6. The Labute approximate surface area is 205 Å². The molecule has 0 aromatic carbocycles. The molecule has 5 unspecified atom stereocenters. The van der Waals surface area contributed by atoms with Gasteiger partial charge in [0.1, 0.15) is 0 Å². The third-order valence-corrected chi connectivity index (χ3v) is 5.62. The van der Waals surface area contributed by atoms with Crippen molar-refractivity contribution in [3.05, 3.63) is 0 Å². The molecule has 5 atom stereocenters. The van der Waals surface area contributed by atoms with Crippen LogP contribution in [0.5, 0.6) is 0 Å². The summed E-state index contributed by atoms with van der Waals surface area (Å²) >= 11 is 0. The van der Waals surface area contributed by atoms with E-state index >= 15 is 0 Å². The van der Waals surface area contributed by atoms with Gasteiger partial charge in [-0.05, 0) is 41.0 Å². The van der Waals surface area contributed by atoms with Crippen molar-refractivity contribution in [3.8, 4) is 0 Å². The fourth-order valence-electron chi connectivity index (χ4n) is 3.32. The number of hydrogen-bond acceptors (Lipinski definition) is 6. The minimum absolute atomic E-state index is 0.0150. The lowest BCUT2D eigenvalue weighted by Crippen LogP contribution is -2.29. The van der Waals surface area contributed by atoms with E-state index in [4.69, 9.17) is 28.8 Å². The zero-order valence-corrected chi connectivity index (χ0v) is 22.7. The van der Waals surface area contributed by atoms with Gasteiger partial charge >= 0.3 is 0 Å². The fourth-order valence-corrected chi connectivity index (χ4v) is 3.32. The number of aliphatic hydroxyl groups excluding tert-OH is 1. The number of aliphatic hydroxyl groups is 1. The molecular weight excluding hydrogens is 420 g/mol. The average Bonchev–Trinajstić information content (AvgIpc) is 2.81. The summed E-state index contributed by atoms with van der Waals surface area (Å²) in [6, 6.07) is 0. The van der Waals surface area contributed by atoms with Gasteiger partial charge in [0.2, 0.25) is 0 Å². The van der Waals surface area contributed by atoms with Crippen LogP contribution in [-0.2, 0) is 23.7 Å². The molecule has 0 saturated heterocycles. The lowest BCUT2D eigenvalue weighted by Gasteiger charge is -2.21. The molecule has 0 aliphatic heterocycles. The van der Waals surface area contributed by atoms with Gasteiger partial charge in [0.05, 0.1) is 63.6 Å². The Morgan fingerprint density at radius 2 is 0.788 bits per heavy atom. The van der Waals surface area contributed by atoms with Crippen molar-refractivity contribution in [1.29, 1.82) is 0 Å². The summed E-state index contributed by atoms with van der Waals surface area (Å²) in [6.07, 6.45) is 13.3. The molecule has 6 heteroatoms. The number of ether oxygens (including phenoxy) is 5. The van der Waals surface area contributed by atoms with Crippen LogP contribution in [0.1, 0.15) is 106 Å². The van der Waals surface area contributed by atoms with Crippen molar-refractivity contribution in [2.45, 2.75) is 136 Å². The van der Waals surface area contributed by atoms with E-state index in [-0.39, 0.29) is 37.1 Å². The maximum Gasteiger partial charge on any atom is 0.0781 e. The van der Waals surface area contributed by atoms with Crippen molar-refractivity contribution in [3.63, 3.8) is 0 Å². The van der Waals surface area contributed by atoms with Gasteiger partial charge in [0, 0.05) is 6.61 Å². The highest BCUT2D eigenvalue weighted by Crippen LogP contribution is 2.11. The van der Waals surface area contributed by atoms with Gasteiger partial charge in [-0.3, -0.25) is 0 Å². The summed E-state index contributed by atoms with van der Waals surface area (Å²) < 4.78 is 28.8. The molecule has 0 aliphatic carbocycles. The maximum atomic E-state index is 8.98. The highest BCUT2D eigenvalue weighted by Gasteiger charge is 2.12. The molecule has 0 aliphatic rings. The van der Waals surface area contributed by atoms with Gasteiger partial charge in [-0.25, -0.2) is 0 Å². The number of hydrogen-bond donors (Lipinski definition) is 1. The second-order valence-electron chi connectivity index (χ2n) is 9.62. The van der Waals surface area contributed by atoms with Crippen LogP contribution in [0.15, 0.2) is 0 Å². The van der Waals surface area contributed by atoms with Gasteiger partial charge in [-0.2, -0.15) is 0 Å². The molecule has 0 aromatic rings. The van der Waals surface area contributed by atoms with Gasteiger partial charge in [0.25, 0.3) is 0 Å². The summed E-state index contributed by atoms with van der Waals surface area (Å²) in [7, 11) is 0. The van der Waals surface area contributed by atoms with E-state index in [1.54, 1.807) is 0 Å². The number of rotatable bonds is 25. The minimum atomic E-state index is -0.163. The van der Waals surface area contributed by atoms with E-state index in [0.29, 0.717) is 26.4 Å². The monoisotopic (exact) mass is 476 g/mol. The summed E-state index contributed by atoms with van der Waals surface area (Å²) in [5, 5.41) is 8.98. The Hall–Kier alpha value is -0.240. The van der Waals surface area contributed by atoms with Crippen molar-refractivity contribution in [2.75, 3.05) is 39.6 Å². The molecule has 0 fully saturated rings. The van der Waals surface area contributed by atoms with Crippen molar-refractivity contribution in [2.24, 2.45) is 0 Å². The molecule has 0 aromatic heterocycles. The Kier molecular flexibility index (Phi) is 23.3. The molecule has 33 heavy (non-hydrogen) atoms. The second-order valence-corrected chi connectivity index (χ2v) is 9.62. The van der Waals surface area contributed by atoms with E-state index in [2.05, 4.69) is 13.8 Å². The van der Waals surface area contributed by atoms with E-state index in [0.717, 1.165) is 13.0 Å². The summed E-state index contributed by atoms with van der Waals surface area (Å²) in [4.78, 5) is 0. The van der Waals surface area contributed by atoms with Crippen LogP contribution in [-0.4, -0.2) is 75.3 Å². The van der Waals surface area contributed by atoms with Crippen LogP contribution in [0.4, 0.5) is 0 Å². The molecule has 0 bridgehead atoms. The lowest BCUT2D eigenvalue weighted by molar-refractivity contribution is -0.0975. The van der Waals surface area contributed by atoms with Crippen LogP contribution in [0, 0.1) is 0 Å². The first kappa shape index (κ1) is 32.8. The fraction of sp³-hybridized carbons (Fsp3) is 1.00. The molecule has 0 heterocycles. The van der Waals surface area contributed by atoms with Gasteiger partial charge in [-0.1, -0.05) is 64.7 Å². The third-order valence-electron chi connectivity index (χ3n) is 5.62. The lowest BCUT2D eigenvalue weighted by atomic mass is 10.1. The predicted molar refractivity (Wildman–Crippen MR) is 136 cm³/mol. The average molecular weight is 477 g/mol. The highest BCUT2D eigenvalue weighted by atomic mass is 16.6. The summed E-state index contributed by atoms with van der Waals surface area (Å²) in [5.74, 6) is 0. The molecule has 0 amide bonds. The molecule has 0 rings (SSSR count). The second kappa shape index (κ2) is 23.5. The predicted octanol–water partition coefficient (Wildman–Crippen LogP) is 5.93. The third kappa shape index (κ3) is 23.3. The molecule has 0 spiro atoms. The minimum Gasteiger partial charge on any atom is -0.394 e. The largest absolute Gasteiger partial charge is 0.394 e. The standard InChI is InChI=1S/C27H56O6/c1-7-8-9-10-11-12-13-14-15-16-17-29-24(3)19-31-26(5)21-33-27(6)22-32-25(4)20-30-23(2)18-28/h23-28H,7-22H2,1-6H3. The number of unbranched alkanes of at least 4 members (excludes halogenated alkanes) is 9. The topological polar surface area (TPSA) is 66.4 Å². The van der Waals surface area contributed by atoms with E-state index in [9.17, 15) is 0 Å². The van der Waals surface area contributed by atoms with Gasteiger partial charge in [0.15, 0.2) is 0 Å². The molecule has 1 N–H and O–H groups in total. The molecular formula is C27H56O6. The van der Waals surface area contributed by atoms with E-state index in [1.807, 2.05) is 27.7 Å². The SMILES string of the molecule is CCCCCCCCCCCCOC(C)COC(C)COC(C)COC(C)COC(C)CO.